The number of hydrogen-bond acceptors (Lipinski definition) is 6. The molecule has 0 aliphatic rings. The average molecular weight is 297 g/mol. The summed E-state index contributed by atoms with van der Waals surface area (Å²) >= 11 is 1.18. The summed E-state index contributed by atoms with van der Waals surface area (Å²) in [6, 6.07) is 5.66. The van der Waals surface area contributed by atoms with Crippen LogP contribution in [0.25, 0.3) is 0 Å². The molecule has 0 atom stereocenters. The first-order valence-electron chi connectivity index (χ1n) is 5.82. The van der Waals surface area contributed by atoms with Crippen molar-refractivity contribution in [3.8, 4) is 5.75 Å². The van der Waals surface area contributed by atoms with Crippen LogP contribution in [0.15, 0.2) is 24.3 Å². The van der Waals surface area contributed by atoms with E-state index in [0.29, 0.717) is 15.9 Å². The van der Waals surface area contributed by atoms with Gasteiger partial charge in [0.1, 0.15) is 18.2 Å². The van der Waals surface area contributed by atoms with Crippen molar-refractivity contribution in [1.82, 2.24) is 10.2 Å². The van der Waals surface area contributed by atoms with Crippen LogP contribution in [0.1, 0.15) is 11.9 Å². The Morgan fingerprint density at radius 1 is 1.35 bits per heavy atom. The minimum absolute atomic E-state index is 0.188. The summed E-state index contributed by atoms with van der Waals surface area (Å²) in [5.74, 6) is 0.204. The number of amides is 1. The Kier molecular flexibility index (Phi) is 4.83. The van der Waals surface area contributed by atoms with Gasteiger partial charge in [0.25, 0.3) is 0 Å². The van der Waals surface area contributed by atoms with E-state index in [9.17, 15) is 9.18 Å². The van der Waals surface area contributed by atoms with Crippen molar-refractivity contribution >= 4 is 22.6 Å². The maximum Gasteiger partial charge on any atom is 0.413 e. The van der Waals surface area contributed by atoms with Gasteiger partial charge >= 0.3 is 6.09 Å². The van der Waals surface area contributed by atoms with Crippen LogP contribution in [-0.4, -0.2) is 22.9 Å². The Hall–Kier alpha value is -2.22. The van der Waals surface area contributed by atoms with Gasteiger partial charge < -0.3 is 9.47 Å². The number of ether oxygens (including phenoxy) is 2. The van der Waals surface area contributed by atoms with Crippen molar-refractivity contribution in [2.45, 2.75) is 13.5 Å². The predicted octanol–water partition coefficient (Wildman–Crippen LogP) is 2.82. The molecule has 0 aliphatic carbocycles. The van der Waals surface area contributed by atoms with Gasteiger partial charge in [0.2, 0.25) is 5.13 Å². The molecule has 8 heteroatoms. The number of anilines is 1. The molecule has 1 aromatic carbocycles. The van der Waals surface area contributed by atoms with E-state index >= 15 is 0 Å². The summed E-state index contributed by atoms with van der Waals surface area (Å²) in [6.07, 6.45) is -0.574. The lowest BCUT2D eigenvalue weighted by atomic mass is 10.3. The monoisotopic (exact) mass is 297 g/mol. The van der Waals surface area contributed by atoms with Crippen molar-refractivity contribution in [2.75, 3.05) is 11.9 Å². The lowest BCUT2D eigenvalue weighted by Gasteiger charge is -2.02. The van der Waals surface area contributed by atoms with Crippen LogP contribution in [0, 0.1) is 5.82 Å². The molecular formula is C12H12FN3O3S. The molecule has 0 bridgehead atoms. The fourth-order valence-electron chi connectivity index (χ4n) is 1.29. The molecule has 0 saturated heterocycles. The van der Waals surface area contributed by atoms with E-state index in [-0.39, 0.29) is 19.0 Å². The topological polar surface area (TPSA) is 73.3 Å². The molecule has 1 heterocycles. The molecule has 2 aromatic rings. The molecule has 0 spiro atoms. The maximum absolute atomic E-state index is 12.7. The standard InChI is InChI=1S/C12H12FN3O3S/c1-2-18-12(17)14-11-16-15-10(20-11)7-19-9-5-3-8(13)4-6-9/h3-6H,2,7H2,1H3,(H,14,16,17). The molecule has 0 saturated carbocycles. The van der Waals surface area contributed by atoms with Gasteiger partial charge in [-0.15, -0.1) is 10.2 Å². The number of rotatable bonds is 5. The van der Waals surface area contributed by atoms with Gasteiger partial charge in [0.05, 0.1) is 6.61 Å². The van der Waals surface area contributed by atoms with Crippen molar-refractivity contribution in [1.29, 1.82) is 0 Å². The lowest BCUT2D eigenvalue weighted by Crippen LogP contribution is -2.12. The highest BCUT2D eigenvalue weighted by Crippen LogP contribution is 2.18. The third-order valence-electron chi connectivity index (χ3n) is 2.13. The smallest absolute Gasteiger partial charge is 0.413 e. The second-order valence-electron chi connectivity index (χ2n) is 3.59. The summed E-state index contributed by atoms with van der Waals surface area (Å²) in [4.78, 5) is 11.2. The zero-order valence-electron chi connectivity index (χ0n) is 10.6. The Balaban J connectivity index is 1.86. The van der Waals surface area contributed by atoms with E-state index in [1.54, 1.807) is 6.92 Å². The number of carbonyl (C=O) groups is 1. The highest BCUT2D eigenvalue weighted by atomic mass is 32.1. The molecule has 0 unspecified atom stereocenters. The van der Waals surface area contributed by atoms with Crippen LogP contribution in [0.4, 0.5) is 14.3 Å². The minimum atomic E-state index is -0.574. The zero-order chi connectivity index (χ0) is 14.4. The SMILES string of the molecule is CCOC(=O)Nc1nnc(COc2ccc(F)cc2)s1. The zero-order valence-corrected chi connectivity index (χ0v) is 11.4. The second kappa shape index (κ2) is 6.80. The molecule has 1 aromatic heterocycles. The van der Waals surface area contributed by atoms with Crippen molar-refractivity contribution in [2.24, 2.45) is 0 Å². The van der Waals surface area contributed by atoms with Gasteiger partial charge in [-0.3, -0.25) is 5.32 Å². The third-order valence-corrected chi connectivity index (χ3v) is 2.94. The lowest BCUT2D eigenvalue weighted by molar-refractivity contribution is 0.168. The van der Waals surface area contributed by atoms with Crippen molar-refractivity contribution in [3.05, 3.63) is 35.1 Å². The summed E-state index contributed by atoms with van der Waals surface area (Å²) < 4.78 is 22.8. The first kappa shape index (κ1) is 14.2. The van der Waals surface area contributed by atoms with Gasteiger partial charge in [-0.1, -0.05) is 11.3 Å². The van der Waals surface area contributed by atoms with Gasteiger partial charge in [-0.05, 0) is 31.2 Å². The number of benzene rings is 1. The van der Waals surface area contributed by atoms with Crippen LogP contribution < -0.4 is 10.1 Å². The fourth-order valence-corrected chi connectivity index (χ4v) is 1.93. The number of nitrogens with one attached hydrogen (secondary N) is 1. The quantitative estimate of drug-likeness (QED) is 0.918. The van der Waals surface area contributed by atoms with Gasteiger partial charge in [0, 0.05) is 0 Å². The number of carbonyl (C=O) groups excluding carboxylic acids is 1. The van der Waals surface area contributed by atoms with E-state index in [4.69, 9.17) is 9.47 Å². The minimum Gasteiger partial charge on any atom is -0.486 e. The molecule has 1 amide bonds. The average Bonchev–Trinajstić information content (AvgIpc) is 2.86. The summed E-state index contributed by atoms with van der Waals surface area (Å²) in [7, 11) is 0. The summed E-state index contributed by atoms with van der Waals surface area (Å²) in [5, 5.41) is 11.0. The fraction of sp³-hybridized carbons (Fsp3) is 0.250. The molecule has 6 nitrogen and oxygen atoms in total. The number of hydrogen-bond donors (Lipinski definition) is 1. The highest BCUT2D eigenvalue weighted by Gasteiger charge is 2.08. The van der Waals surface area contributed by atoms with Gasteiger partial charge in [-0.25, -0.2) is 9.18 Å². The van der Waals surface area contributed by atoms with E-state index < -0.39 is 6.09 Å². The molecule has 0 radical (unpaired) electrons. The number of nitrogens with zero attached hydrogens (tertiary/aromatic N) is 2. The number of aromatic nitrogens is 2. The number of halogens is 1. The first-order valence-corrected chi connectivity index (χ1v) is 6.63. The van der Waals surface area contributed by atoms with Crippen molar-refractivity contribution < 1.29 is 18.7 Å². The summed E-state index contributed by atoms with van der Waals surface area (Å²) in [6.45, 7) is 2.18. The van der Waals surface area contributed by atoms with Crippen LogP contribution in [0.3, 0.4) is 0 Å². The second-order valence-corrected chi connectivity index (χ2v) is 4.65. The van der Waals surface area contributed by atoms with Crippen LogP contribution in [-0.2, 0) is 11.3 Å². The van der Waals surface area contributed by atoms with E-state index in [1.807, 2.05) is 0 Å². The van der Waals surface area contributed by atoms with Crippen LogP contribution in [0.5, 0.6) is 5.75 Å². The first-order chi connectivity index (χ1) is 9.67. The van der Waals surface area contributed by atoms with E-state index in [1.165, 1.54) is 35.6 Å². The Bertz CT molecular complexity index is 574. The largest absolute Gasteiger partial charge is 0.486 e. The molecule has 106 valence electrons. The molecule has 1 N–H and O–H groups in total. The molecule has 2 rings (SSSR count). The Morgan fingerprint density at radius 2 is 2.10 bits per heavy atom. The van der Waals surface area contributed by atoms with Gasteiger partial charge in [0.15, 0.2) is 5.01 Å². The Morgan fingerprint density at radius 3 is 2.80 bits per heavy atom. The van der Waals surface area contributed by atoms with Crippen molar-refractivity contribution in [3.63, 3.8) is 0 Å². The summed E-state index contributed by atoms with van der Waals surface area (Å²) in [5.41, 5.74) is 0. The maximum atomic E-state index is 12.7. The van der Waals surface area contributed by atoms with E-state index in [0.717, 1.165) is 0 Å². The predicted molar refractivity (Wildman–Crippen MR) is 71.3 cm³/mol. The van der Waals surface area contributed by atoms with Crippen LogP contribution in [0.2, 0.25) is 0 Å². The molecule has 20 heavy (non-hydrogen) atoms. The van der Waals surface area contributed by atoms with Gasteiger partial charge in [-0.2, -0.15) is 0 Å². The molecular weight excluding hydrogens is 285 g/mol. The molecule has 0 aliphatic heterocycles. The Labute approximate surface area is 118 Å². The molecule has 0 fully saturated rings. The highest BCUT2D eigenvalue weighted by molar-refractivity contribution is 7.15. The third kappa shape index (κ3) is 4.16. The normalized spacial score (nSPS) is 10.1. The van der Waals surface area contributed by atoms with Crippen LogP contribution >= 0.6 is 11.3 Å². The van der Waals surface area contributed by atoms with E-state index in [2.05, 4.69) is 15.5 Å².